The predicted octanol–water partition coefficient (Wildman–Crippen LogP) is 6.19. The van der Waals surface area contributed by atoms with Crippen molar-refractivity contribution in [2.24, 2.45) is 11.1 Å². The number of carbonyl (C=O) groups excluding carboxylic acids is 1. The monoisotopic (exact) mass is 615 g/mol. The number of carbonyl (C=O) groups is 2. The van der Waals surface area contributed by atoms with Crippen molar-refractivity contribution in [1.29, 1.82) is 5.26 Å². The molecular formula is C31H29Cl2F2N3O4. The molecule has 0 aromatic heterocycles. The van der Waals surface area contributed by atoms with Crippen molar-refractivity contribution >= 4 is 40.8 Å². The molecule has 0 aliphatic carbocycles. The summed E-state index contributed by atoms with van der Waals surface area (Å²) in [5.74, 6) is -5.50. The van der Waals surface area contributed by atoms with E-state index in [0.717, 1.165) is 6.07 Å². The molecule has 0 spiro atoms. The molecule has 1 aliphatic heterocycles. The van der Waals surface area contributed by atoms with E-state index in [1.165, 1.54) is 53.4 Å². The van der Waals surface area contributed by atoms with Gasteiger partial charge in [-0.1, -0.05) is 62.2 Å². The van der Waals surface area contributed by atoms with Gasteiger partial charge in [-0.15, -0.1) is 0 Å². The average Bonchev–Trinajstić information content (AvgIpc) is 3.18. The minimum absolute atomic E-state index is 0.0523. The third-order valence-electron chi connectivity index (χ3n) is 7.72. The third-order valence-corrected chi connectivity index (χ3v) is 8.24. The van der Waals surface area contributed by atoms with Crippen molar-refractivity contribution in [3.8, 4) is 6.07 Å². The SMILES string of the molecule is CC(C)(C)C[C@@H]1N(c2ccc(C(N)=O)cc2CO)[C@@H](C(=O)O)[C@H](c2cccc(Cl)c2F)[C@@]1(C#N)c1ccc(Cl)cc1F. The van der Waals surface area contributed by atoms with Crippen molar-refractivity contribution in [2.75, 3.05) is 4.90 Å². The van der Waals surface area contributed by atoms with Gasteiger partial charge in [-0.2, -0.15) is 5.26 Å². The number of hydrogen-bond acceptors (Lipinski definition) is 5. The van der Waals surface area contributed by atoms with Gasteiger partial charge in [0.2, 0.25) is 5.91 Å². The fourth-order valence-corrected chi connectivity index (χ4v) is 6.46. The summed E-state index contributed by atoms with van der Waals surface area (Å²) in [5.41, 5.74) is 2.90. The van der Waals surface area contributed by atoms with Gasteiger partial charge in [0.1, 0.15) is 23.1 Å². The highest BCUT2D eigenvalue weighted by Gasteiger charge is 2.65. The number of amides is 1. The van der Waals surface area contributed by atoms with E-state index in [-0.39, 0.29) is 44.4 Å². The third kappa shape index (κ3) is 5.31. The van der Waals surface area contributed by atoms with Crippen LogP contribution in [0.4, 0.5) is 14.5 Å². The average molecular weight is 616 g/mol. The van der Waals surface area contributed by atoms with E-state index in [1.807, 2.05) is 20.8 Å². The first kappa shape index (κ1) is 31.2. The number of benzene rings is 3. The van der Waals surface area contributed by atoms with E-state index in [4.69, 9.17) is 28.9 Å². The zero-order valence-corrected chi connectivity index (χ0v) is 24.5. The number of rotatable bonds is 7. The van der Waals surface area contributed by atoms with Crippen molar-refractivity contribution in [1.82, 2.24) is 0 Å². The van der Waals surface area contributed by atoms with Gasteiger partial charge >= 0.3 is 5.97 Å². The van der Waals surface area contributed by atoms with Crippen LogP contribution in [-0.4, -0.2) is 34.2 Å². The Labute approximate surface area is 252 Å². The summed E-state index contributed by atoms with van der Waals surface area (Å²) in [4.78, 5) is 26.6. The molecule has 1 aliphatic rings. The molecule has 1 heterocycles. The number of anilines is 1. The van der Waals surface area contributed by atoms with Gasteiger partial charge in [0, 0.05) is 33.3 Å². The maximum Gasteiger partial charge on any atom is 0.327 e. The Balaban J connectivity index is 2.21. The molecule has 4 atom stereocenters. The number of nitriles is 1. The highest BCUT2D eigenvalue weighted by atomic mass is 35.5. The highest BCUT2D eigenvalue weighted by molar-refractivity contribution is 6.31. The van der Waals surface area contributed by atoms with Crippen molar-refractivity contribution in [3.05, 3.63) is 98.5 Å². The van der Waals surface area contributed by atoms with Crippen LogP contribution in [0.25, 0.3) is 0 Å². The highest BCUT2D eigenvalue weighted by Crippen LogP contribution is 2.58. The van der Waals surface area contributed by atoms with Crippen LogP contribution in [0.15, 0.2) is 54.6 Å². The summed E-state index contributed by atoms with van der Waals surface area (Å²) in [5, 5.41) is 32.0. The molecular weight excluding hydrogens is 587 g/mol. The summed E-state index contributed by atoms with van der Waals surface area (Å²) < 4.78 is 31.8. The molecule has 11 heteroatoms. The van der Waals surface area contributed by atoms with E-state index in [0.29, 0.717) is 0 Å². The van der Waals surface area contributed by atoms with Gasteiger partial charge < -0.3 is 20.8 Å². The number of halogens is 4. The Bertz CT molecular complexity index is 1600. The first-order valence-electron chi connectivity index (χ1n) is 13.0. The lowest BCUT2D eigenvalue weighted by molar-refractivity contribution is -0.138. The Hall–Kier alpha value is -3.71. The lowest BCUT2D eigenvalue weighted by Crippen LogP contribution is -2.47. The summed E-state index contributed by atoms with van der Waals surface area (Å²) in [7, 11) is 0. The van der Waals surface area contributed by atoms with Crippen LogP contribution in [-0.2, 0) is 16.8 Å². The summed E-state index contributed by atoms with van der Waals surface area (Å²) >= 11 is 12.2. The number of nitrogens with zero attached hydrogens (tertiary/aromatic N) is 2. The number of aliphatic hydroxyl groups excluding tert-OH is 1. The minimum atomic E-state index is -2.01. The van der Waals surface area contributed by atoms with E-state index in [9.17, 15) is 25.1 Å². The second-order valence-electron chi connectivity index (χ2n) is 11.6. The second-order valence-corrected chi connectivity index (χ2v) is 12.4. The molecule has 42 heavy (non-hydrogen) atoms. The molecule has 3 aromatic rings. The van der Waals surface area contributed by atoms with Crippen LogP contribution in [0.2, 0.25) is 10.0 Å². The molecule has 1 amide bonds. The lowest BCUT2D eigenvalue weighted by Gasteiger charge is -2.40. The van der Waals surface area contributed by atoms with E-state index in [2.05, 4.69) is 6.07 Å². The number of carboxylic acids is 1. The second kappa shape index (κ2) is 11.5. The van der Waals surface area contributed by atoms with Crippen LogP contribution in [0, 0.1) is 28.4 Å². The van der Waals surface area contributed by atoms with Crippen LogP contribution in [0.1, 0.15) is 60.2 Å². The molecule has 0 radical (unpaired) electrons. The summed E-state index contributed by atoms with van der Waals surface area (Å²) in [6.07, 6.45) is 0.132. The van der Waals surface area contributed by atoms with Gasteiger partial charge in [-0.25, -0.2) is 13.6 Å². The fraction of sp³-hybridized carbons (Fsp3) is 0.323. The van der Waals surface area contributed by atoms with Crippen molar-refractivity contribution in [2.45, 2.75) is 57.2 Å². The normalized spacial score (nSPS) is 22.2. The zero-order valence-electron chi connectivity index (χ0n) is 23.0. The Kier molecular flexibility index (Phi) is 8.57. The van der Waals surface area contributed by atoms with Crippen LogP contribution in [0.5, 0.6) is 0 Å². The molecule has 7 nitrogen and oxygen atoms in total. The lowest BCUT2D eigenvalue weighted by atomic mass is 9.62. The molecule has 1 fully saturated rings. The van der Waals surface area contributed by atoms with Gasteiger partial charge in [0.15, 0.2) is 0 Å². The first-order valence-corrected chi connectivity index (χ1v) is 13.8. The number of nitrogens with two attached hydrogens (primary N) is 1. The molecule has 0 saturated carbocycles. The molecule has 0 bridgehead atoms. The van der Waals surface area contributed by atoms with E-state index >= 15 is 8.78 Å². The number of aliphatic carboxylic acids is 1. The minimum Gasteiger partial charge on any atom is -0.480 e. The standard InChI is InChI=1S/C31H29Cl2F2N3O4/c1-30(2,3)13-24-31(15-36,20-9-8-18(32)12-22(20)34)25(19-5-4-6-21(33)26(19)35)27(29(41)42)38(24)23-10-7-16(28(37)40)11-17(23)14-39/h4-12,24-25,27,39H,13-14H2,1-3H3,(H2,37,40)(H,41,42)/t24-,25-,27+,31-/m0/s1. The topological polar surface area (TPSA) is 128 Å². The Morgan fingerprint density at radius 2 is 1.81 bits per heavy atom. The fourth-order valence-electron chi connectivity index (χ4n) is 6.12. The van der Waals surface area contributed by atoms with Crippen molar-refractivity contribution < 1.29 is 28.6 Å². The number of carboxylic acid groups (broad SMARTS) is 1. The molecule has 3 aromatic carbocycles. The van der Waals surface area contributed by atoms with Gasteiger partial charge in [0.05, 0.1) is 23.7 Å². The van der Waals surface area contributed by atoms with Crippen LogP contribution < -0.4 is 10.6 Å². The zero-order chi connectivity index (χ0) is 31.1. The molecule has 0 unspecified atom stereocenters. The molecule has 4 N–H and O–H groups in total. The predicted molar refractivity (Wildman–Crippen MR) is 155 cm³/mol. The van der Waals surface area contributed by atoms with Gasteiger partial charge in [-0.3, -0.25) is 4.79 Å². The quantitative estimate of drug-likeness (QED) is 0.291. The Morgan fingerprint density at radius 1 is 1.12 bits per heavy atom. The molecule has 220 valence electrons. The van der Waals surface area contributed by atoms with Gasteiger partial charge in [0.25, 0.3) is 0 Å². The largest absolute Gasteiger partial charge is 0.480 e. The number of primary amides is 1. The van der Waals surface area contributed by atoms with Crippen LogP contribution in [0.3, 0.4) is 0 Å². The Morgan fingerprint density at radius 3 is 2.36 bits per heavy atom. The number of hydrogen-bond donors (Lipinski definition) is 3. The maximum atomic E-state index is 15.9. The van der Waals surface area contributed by atoms with E-state index < -0.39 is 58.9 Å². The van der Waals surface area contributed by atoms with Crippen LogP contribution >= 0.6 is 23.2 Å². The molecule has 1 saturated heterocycles. The maximum absolute atomic E-state index is 15.9. The number of aliphatic hydroxyl groups is 1. The van der Waals surface area contributed by atoms with E-state index in [1.54, 1.807) is 0 Å². The summed E-state index contributed by atoms with van der Waals surface area (Å²) in [6.45, 7) is 5.00. The van der Waals surface area contributed by atoms with Gasteiger partial charge in [-0.05, 0) is 53.8 Å². The van der Waals surface area contributed by atoms with Crippen molar-refractivity contribution in [3.63, 3.8) is 0 Å². The first-order chi connectivity index (χ1) is 19.7. The molecule has 4 rings (SSSR count). The smallest absolute Gasteiger partial charge is 0.327 e. The summed E-state index contributed by atoms with van der Waals surface area (Å²) in [6, 6.07) is 11.4.